The third kappa shape index (κ3) is 2.97. The van der Waals surface area contributed by atoms with Gasteiger partial charge in [-0.25, -0.2) is 4.68 Å². The molecule has 0 fully saturated rings. The molecular weight excluding hydrogens is 259 g/mol. The lowest BCUT2D eigenvalue weighted by Crippen LogP contribution is -2.00. The van der Waals surface area contributed by atoms with Gasteiger partial charge in [0.2, 0.25) is 0 Å². The molecule has 0 atom stereocenters. The van der Waals surface area contributed by atoms with Crippen LogP contribution >= 0.6 is 23.2 Å². The first-order chi connectivity index (χ1) is 8.20. The molecule has 0 amide bonds. The van der Waals surface area contributed by atoms with Gasteiger partial charge in [-0.2, -0.15) is 0 Å². The van der Waals surface area contributed by atoms with Crippen LogP contribution in [-0.2, 0) is 6.42 Å². The Morgan fingerprint density at radius 2 is 2.12 bits per heavy atom. The van der Waals surface area contributed by atoms with Gasteiger partial charge in [0.25, 0.3) is 0 Å². The second kappa shape index (κ2) is 5.49. The zero-order chi connectivity index (χ0) is 12.3. The van der Waals surface area contributed by atoms with E-state index < -0.39 is 0 Å². The summed E-state index contributed by atoms with van der Waals surface area (Å²) in [7, 11) is 0. The van der Waals surface area contributed by atoms with E-state index in [4.69, 9.17) is 28.9 Å². The van der Waals surface area contributed by atoms with Crippen LogP contribution < -0.4 is 5.73 Å². The van der Waals surface area contributed by atoms with Gasteiger partial charge in [-0.1, -0.05) is 28.4 Å². The molecule has 17 heavy (non-hydrogen) atoms. The standard InChI is InChI=1S/C11H12Cl2N4/c12-8-3-4-10(13)11(6-8)17-7-9(15-16-17)2-1-5-14/h3-4,6-7H,1-2,5,14H2. The Morgan fingerprint density at radius 1 is 1.29 bits per heavy atom. The maximum Gasteiger partial charge on any atom is 0.0864 e. The van der Waals surface area contributed by atoms with Gasteiger partial charge in [-0.05, 0) is 37.6 Å². The molecule has 1 heterocycles. The number of hydrogen-bond donors (Lipinski definition) is 1. The van der Waals surface area contributed by atoms with Crippen LogP contribution in [0.15, 0.2) is 24.4 Å². The maximum atomic E-state index is 6.08. The first kappa shape index (κ1) is 12.4. The van der Waals surface area contributed by atoms with Crippen LogP contribution in [0.3, 0.4) is 0 Å². The zero-order valence-electron chi connectivity index (χ0n) is 9.11. The van der Waals surface area contributed by atoms with Gasteiger partial charge in [0.05, 0.1) is 22.6 Å². The Labute approximate surface area is 109 Å². The summed E-state index contributed by atoms with van der Waals surface area (Å²) in [6, 6.07) is 5.23. The Hall–Kier alpha value is -1.10. The molecule has 90 valence electrons. The van der Waals surface area contributed by atoms with E-state index in [0.29, 0.717) is 16.6 Å². The number of nitrogens with two attached hydrogens (primary N) is 1. The number of nitrogens with zero attached hydrogens (tertiary/aromatic N) is 3. The van der Waals surface area contributed by atoms with E-state index >= 15 is 0 Å². The van der Waals surface area contributed by atoms with Crippen LogP contribution in [0.4, 0.5) is 0 Å². The molecule has 0 radical (unpaired) electrons. The van der Waals surface area contributed by atoms with Crippen LogP contribution in [0.2, 0.25) is 10.0 Å². The number of benzene rings is 1. The fraction of sp³-hybridized carbons (Fsp3) is 0.273. The van der Waals surface area contributed by atoms with Crippen LogP contribution in [0.25, 0.3) is 5.69 Å². The minimum absolute atomic E-state index is 0.588. The summed E-state index contributed by atoms with van der Waals surface area (Å²) in [4.78, 5) is 0. The molecule has 0 aliphatic heterocycles. The molecule has 1 aromatic heterocycles. The summed E-state index contributed by atoms with van der Waals surface area (Å²) in [5.74, 6) is 0. The maximum absolute atomic E-state index is 6.08. The molecule has 0 unspecified atom stereocenters. The summed E-state index contributed by atoms with van der Waals surface area (Å²) in [6.07, 6.45) is 3.55. The van der Waals surface area contributed by atoms with Crippen molar-refractivity contribution in [3.05, 3.63) is 40.1 Å². The highest BCUT2D eigenvalue weighted by molar-refractivity contribution is 6.34. The monoisotopic (exact) mass is 270 g/mol. The topological polar surface area (TPSA) is 56.7 Å². The largest absolute Gasteiger partial charge is 0.330 e. The van der Waals surface area contributed by atoms with E-state index in [1.165, 1.54) is 0 Å². The number of aryl methyl sites for hydroxylation is 1. The summed E-state index contributed by atoms with van der Waals surface area (Å²) in [5.41, 5.74) is 7.07. The van der Waals surface area contributed by atoms with Crippen LogP contribution in [0, 0.1) is 0 Å². The van der Waals surface area contributed by atoms with Crippen molar-refractivity contribution in [2.45, 2.75) is 12.8 Å². The second-order valence-electron chi connectivity index (χ2n) is 3.64. The summed E-state index contributed by atoms with van der Waals surface area (Å²) in [5, 5.41) is 9.28. The van der Waals surface area contributed by atoms with Crippen molar-refractivity contribution in [2.24, 2.45) is 5.73 Å². The first-order valence-electron chi connectivity index (χ1n) is 5.27. The Kier molecular flexibility index (Phi) is 3.99. The normalized spacial score (nSPS) is 10.8. The third-order valence-corrected chi connectivity index (χ3v) is 2.89. The first-order valence-corrected chi connectivity index (χ1v) is 6.03. The predicted molar refractivity (Wildman–Crippen MR) is 68.8 cm³/mol. The molecular formula is C11H12Cl2N4. The summed E-state index contributed by atoms with van der Waals surface area (Å²) in [6.45, 7) is 0.644. The van der Waals surface area contributed by atoms with Gasteiger partial charge in [0.1, 0.15) is 0 Å². The summed E-state index contributed by atoms with van der Waals surface area (Å²) < 4.78 is 1.63. The molecule has 0 saturated carbocycles. The van der Waals surface area contributed by atoms with Crippen molar-refractivity contribution in [1.29, 1.82) is 0 Å². The fourth-order valence-corrected chi connectivity index (χ4v) is 1.85. The van der Waals surface area contributed by atoms with E-state index in [1.807, 2.05) is 6.20 Å². The highest BCUT2D eigenvalue weighted by Gasteiger charge is 2.07. The number of aromatic nitrogens is 3. The van der Waals surface area contributed by atoms with Crippen molar-refractivity contribution >= 4 is 23.2 Å². The number of hydrogen-bond acceptors (Lipinski definition) is 3. The molecule has 2 aromatic rings. The fourth-order valence-electron chi connectivity index (χ4n) is 1.48. The van der Waals surface area contributed by atoms with E-state index in [0.717, 1.165) is 24.2 Å². The lowest BCUT2D eigenvalue weighted by atomic mass is 10.2. The average molecular weight is 271 g/mol. The predicted octanol–water partition coefficient (Wildman–Crippen LogP) is 2.47. The smallest absolute Gasteiger partial charge is 0.0864 e. The van der Waals surface area contributed by atoms with Gasteiger partial charge in [-0.3, -0.25) is 0 Å². The molecule has 0 spiro atoms. The van der Waals surface area contributed by atoms with Crippen LogP contribution in [0.1, 0.15) is 12.1 Å². The highest BCUT2D eigenvalue weighted by atomic mass is 35.5. The highest BCUT2D eigenvalue weighted by Crippen LogP contribution is 2.23. The van der Waals surface area contributed by atoms with Crippen LogP contribution in [-0.4, -0.2) is 21.5 Å². The van der Waals surface area contributed by atoms with Crippen molar-refractivity contribution in [3.8, 4) is 5.69 Å². The number of rotatable bonds is 4. The van der Waals surface area contributed by atoms with Gasteiger partial charge >= 0.3 is 0 Å². The quantitative estimate of drug-likeness (QED) is 0.929. The Morgan fingerprint density at radius 3 is 2.88 bits per heavy atom. The molecule has 2 rings (SSSR count). The van der Waals surface area contributed by atoms with Crippen molar-refractivity contribution in [2.75, 3.05) is 6.54 Å². The van der Waals surface area contributed by atoms with Gasteiger partial charge in [0, 0.05) is 5.02 Å². The lowest BCUT2D eigenvalue weighted by molar-refractivity contribution is 0.779. The van der Waals surface area contributed by atoms with Gasteiger partial charge < -0.3 is 5.73 Å². The van der Waals surface area contributed by atoms with E-state index in [1.54, 1.807) is 22.9 Å². The SMILES string of the molecule is NCCCc1cn(-c2cc(Cl)ccc2Cl)nn1. The molecule has 0 aliphatic carbocycles. The van der Waals surface area contributed by atoms with Crippen molar-refractivity contribution in [1.82, 2.24) is 15.0 Å². The minimum Gasteiger partial charge on any atom is -0.330 e. The molecule has 0 saturated heterocycles. The van der Waals surface area contributed by atoms with E-state index in [2.05, 4.69) is 10.3 Å². The molecule has 0 bridgehead atoms. The van der Waals surface area contributed by atoms with Crippen molar-refractivity contribution < 1.29 is 0 Å². The minimum atomic E-state index is 0.588. The van der Waals surface area contributed by atoms with Crippen LogP contribution in [0.5, 0.6) is 0 Å². The summed E-state index contributed by atoms with van der Waals surface area (Å²) >= 11 is 12.0. The van der Waals surface area contributed by atoms with Crippen molar-refractivity contribution in [3.63, 3.8) is 0 Å². The molecule has 2 N–H and O–H groups in total. The Balaban J connectivity index is 2.27. The molecule has 1 aromatic carbocycles. The zero-order valence-corrected chi connectivity index (χ0v) is 10.6. The third-order valence-electron chi connectivity index (χ3n) is 2.33. The van der Waals surface area contributed by atoms with E-state index in [9.17, 15) is 0 Å². The molecule has 0 aliphatic rings. The van der Waals surface area contributed by atoms with E-state index in [-0.39, 0.29) is 0 Å². The second-order valence-corrected chi connectivity index (χ2v) is 4.49. The number of halogens is 2. The average Bonchev–Trinajstić information content (AvgIpc) is 2.78. The van der Waals surface area contributed by atoms with Gasteiger partial charge in [-0.15, -0.1) is 5.10 Å². The Bertz CT molecular complexity index is 510. The van der Waals surface area contributed by atoms with Gasteiger partial charge in [0.15, 0.2) is 0 Å². The lowest BCUT2D eigenvalue weighted by Gasteiger charge is -2.03. The molecule has 4 nitrogen and oxygen atoms in total. The molecule has 6 heteroatoms.